The van der Waals surface area contributed by atoms with Gasteiger partial charge in [-0.3, -0.25) is 0 Å². The van der Waals surface area contributed by atoms with Crippen molar-refractivity contribution in [2.45, 2.75) is 70.2 Å². The number of aliphatic hydroxyl groups excluding tert-OH is 1. The molecule has 1 saturated heterocycles. The summed E-state index contributed by atoms with van der Waals surface area (Å²) in [5, 5.41) is 11.1. The van der Waals surface area contributed by atoms with Crippen molar-refractivity contribution in [2.75, 3.05) is 0 Å². The Morgan fingerprint density at radius 1 is 1.33 bits per heavy atom. The molecular weight excluding hydrogens is 290 g/mol. The molecule has 0 aromatic carbocycles. The molecule has 1 aliphatic rings. The highest BCUT2D eigenvalue weighted by atomic mass is 32.2. The van der Waals surface area contributed by atoms with Crippen molar-refractivity contribution >= 4 is 10.0 Å². The van der Waals surface area contributed by atoms with Crippen molar-refractivity contribution < 1.29 is 13.5 Å². The Labute approximate surface area is 126 Å². The largest absolute Gasteiger partial charge is 0.390 e. The third-order valence-corrected chi connectivity index (χ3v) is 5.49. The molecular formula is C14H25N3O3S. The van der Waals surface area contributed by atoms with E-state index >= 15 is 0 Å². The van der Waals surface area contributed by atoms with Gasteiger partial charge in [0.15, 0.2) is 0 Å². The van der Waals surface area contributed by atoms with Gasteiger partial charge in [0, 0.05) is 30.5 Å². The highest BCUT2D eigenvalue weighted by Crippen LogP contribution is 2.22. The molecule has 2 rings (SSSR count). The van der Waals surface area contributed by atoms with Crippen LogP contribution in [0, 0.1) is 0 Å². The molecule has 1 aliphatic heterocycles. The summed E-state index contributed by atoms with van der Waals surface area (Å²) >= 11 is 0. The number of aryl methyl sites for hydroxylation is 1. The van der Waals surface area contributed by atoms with E-state index in [0.717, 1.165) is 19.3 Å². The molecule has 0 saturated carbocycles. The molecule has 7 heteroatoms. The number of hydrogen-bond donors (Lipinski definition) is 2. The molecule has 2 atom stereocenters. The molecule has 6 nitrogen and oxygen atoms in total. The van der Waals surface area contributed by atoms with Gasteiger partial charge in [-0.1, -0.05) is 6.42 Å². The van der Waals surface area contributed by atoms with Crippen molar-refractivity contribution in [3.8, 4) is 0 Å². The molecule has 2 N–H and O–H groups in total. The molecule has 1 fully saturated rings. The minimum atomic E-state index is -3.60. The van der Waals surface area contributed by atoms with Crippen LogP contribution in [0.5, 0.6) is 0 Å². The summed E-state index contributed by atoms with van der Waals surface area (Å²) in [4.78, 5) is 2.92. The number of hydrogen-bond acceptors (Lipinski definition) is 4. The van der Waals surface area contributed by atoms with E-state index in [-0.39, 0.29) is 23.6 Å². The molecule has 2 heterocycles. The zero-order valence-corrected chi connectivity index (χ0v) is 13.7. The molecule has 0 bridgehead atoms. The van der Waals surface area contributed by atoms with Gasteiger partial charge in [0.05, 0.1) is 6.61 Å². The Balaban J connectivity index is 2.23. The number of nitrogens with one attached hydrogen (secondary N) is 1. The third-order valence-electron chi connectivity index (χ3n) is 4.19. The van der Waals surface area contributed by atoms with E-state index in [4.69, 9.17) is 0 Å². The lowest BCUT2D eigenvalue weighted by atomic mass is 10.0. The van der Waals surface area contributed by atoms with Crippen LogP contribution < -0.4 is 4.83 Å². The van der Waals surface area contributed by atoms with Crippen LogP contribution in [0.1, 0.15) is 45.7 Å². The second kappa shape index (κ2) is 6.48. The van der Waals surface area contributed by atoms with E-state index in [2.05, 4.69) is 4.83 Å². The minimum Gasteiger partial charge on any atom is -0.390 e. The quantitative estimate of drug-likeness (QED) is 0.862. The van der Waals surface area contributed by atoms with E-state index in [1.807, 2.05) is 25.8 Å². The van der Waals surface area contributed by atoms with Crippen LogP contribution in [0.25, 0.3) is 0 Å². The average molecular weight is 315 g/mol. The summed E-state index contributed by atoms with van der Waals surface area (Å²) in [7, 11) is -3.60. The molecule has 120 valence electrons. The Morgan fingerprint density at radius 3 is 2.43 bits per heavy atom. The lowest BCUT2D eigenvalue weighted by molar-refractivity contribution is 0.0790. The molecule has 1 aromatic rings. The number of rotatable bonds is 5. The smallest absolute Gasteiger partial charge is 0.254 e. The van der Waals surface area contributed by atoms with E-state index in [9.17, 15) is 13.5 Å². The molecule has 0 aliphatic carbocycles. The lowest BCUT2D eigenvalue weighted by Gasteiger charge is -2.38. The predicted octanol–water partition coefficient (Wildman–Crippen LogP) is 1.46. The number of aromatic nitrogens is 1. The predicted molar refractivity (Wildman–Crippen MR) is 81.0 cm³/mol. The zero-order chi connectivity index (χ0) is 15.6. The van der Waals surface area contributed by atoms with Crippen LogP contribution in [-0.4, -0.2) is 35.2 Å². The Morgan fingerprint density at radius 2 is 1.95 bits per heavy atom. The van der Waals surface area contributed by atoms with Crippen LogP contribution in [0.15, 0.2) is 17.2 Å². The van der Waals surface area contributed by atoms with E-state index in [0.29, 0.717) is 12.2 Å². The average Bonchev–Trinajstić information content (AvgIpc) is 2.87. The van der Waals surface area contributed by atoms with Gasteiger partial charge in [0.25, 0.3) is 10.0 Å². The molecule has 2 unspecified atom stereocenters. The maximum Gasteiger partial charge on any atom is 0.254 e. The maximum absolute atomic E-state index is 12.5. The highest BCUT2D eigenvalue weighted by Gasteiger charge is 2.29. The van der Waals surface area contributed by atoms with E-state index < -0.39 is 10.0 Å². The van der Waals surface area contributed by atoms with Gasteiger partial charge in [-0.25, -0.2) is 13.4 Å². The van der Waals surface area contributed by atoms with Gasteiger partial charge in [0.1, 0.15) is 4.90 Å². The summed E-state index contributed by atoms with van der Waals surface area (Å²) in [6.07, 6.45) is 4.68. The van der Waals surface area contributed by atoms with Crippen LogP contribution >= 0.6 is 0 Å². The first-order chi connectivity index (χ1) is 9.89. The fraction of sp³-hybridized carbons (Fsp3) is 0.714. The van der Waals surface area contributed by atoms with Gasteiger partial charge in [-0.15, -0.1) is 4.83 Å². The van der Waals surface area contributed by atoms with Gasteiger partial charge < -0.3 is 9.67 Å². The first-order valence-electron chi connectivity index (χ1n) is 7.49. The Kier molecular flexibility index (Phi) is 5.08. The van der Waals surface area contributed by atoms with Crippen LogP contribution in [-0.2, 0) is 23.2 Å². The molecule has 1 aromatic heterocycles. The van der Waals surface area contributed by atoms with Crippen molar-refractivity contribution in [3.63, 3.8) is 0 Å². The van der Waals surface area contributed by atoms with Gasteiger partial charge >= 0.3 is 0 Å². The standard InChI is InChI=1S/C14H25N3O3S/c1-4-16-9-14(8-13(16)10-18)21(19,20)15-17-11(2)6-5-7-12(17)3/h8-9,11-12,15,18H,4-7,10H2,1-3H3. The van der Waals surface area contributed by atoms with E-state index in [1.54, 1.807) is 10.8 Å². The summed E-state index contributed by atoms with van der Waals surface area (Å²) in [6.45, 7) is 6.45. The SMILES string of the molecule is CCn1cc(S(=O)(=O)NN2C(C)CCCC2C)cc1CO. The summed E-state index contributed by atoms with van der Waals surface area (Å²) in [5.41, 5.74) is 0.609. The second-order valence-electron chi connectivity index (χ2n) is 5.74. The molecule has 0 amide bonds. The fourth-order valence-corrected chi connectivity index (χ4v) is 4.19. The fourth-order valence-electron chi connectivity index (χ4n) is 2.89. The number of hydrazine groups is 1. The lowest BCUT2D eigenvalue weighted by Crippen LogP contribution is -2.53. The van der Waals surface area contributed by atoms with Gasteiger partial charge in [-0.05, 0) is 39.7 Å². The molecule has 21 heavy (non-hydrogen) atoms. The van der Waals surface area contributed by atoms with E-state index in [1.165, 1.54) is 6.07 Å². The number of nitrogens with zero attached hydrogens (tertiary/aromatic N) is 2. The first kappa shape index (κ1) is 16.5. The van der Waals surface area contributed by atoms with Crippen LogP contribution in [0.2, 0.25) is 0 Å². The second-order valence-corrected chi connectivity index (χ2v) is 7.40. The summed E-state index contributed by atoms with van der Waals surface area (Å²) < 4.78 is 26.8. The Hall–Kier alpha value is -0.890. The minimum absolute atomic E-state index is 0.167. The topological polar surface area (TPSA) is 74.6 Å². The normalized spacial score (nSPS) is 24.4. The summed E-state index contributed by atoms with van der Waals surface area (Å²) in [5.74, 6) is 0. The van der Waals surface area contributed by atoms with Crippen molar-refractivity contribution in [1.29, 1.82) is 0 Å². The van der Waals surface area contributed by atoms with Crippen molar-refractivity contribution in [3.05, 3.63) is 18.0 Å². The third kappa shape index (κ3) is 3.48. The van der Waals surface area contributed by atoms with Gasteiger partial charge in [-0.2, -0.15) is 0 Å². The van der Waals surface area contributed by atoms with Crippen LogP contribution in [0.3, 0.4) is 0 Å². The Bertz CT molecular complexity index is 551. The monoisotopic (exact) mass is 315 g/mol. The number of sulfonamides is 1. The highest BCUT2D eigenvalue weighted by molar-refractivity contribution is 7.89. The zero-order valence-electron chi connectivity index (χ0n) is 12.9. The van der Waals surface area contributed by atoms with Gasteiger partial charge in [0.2, 0.25) is 0 Å². The van der Waals surface area contributed by atoms with Crippen LogP contribution in [0.4, 0.5) is 0 Å². The summed E-state index contributed by atoms with van der Waals surface area (Å²) in [6, 6.07) is 1.91. The number of aliphatic hydroxyl groups is 1. The van der Waals surface area contributed by atoms with Crippen molar-refractivity contribution in [2.24, 2.45) is 0 Å². The first-order valence-corrected chi connectivity index (χ1v) is 8.98. The molecule has 0 spiro atoms. The number of piperidine rings is 1. The maximum atomic E-state index is 12.5. The van der Waals surface area contributed by atoms with Crippen molar-refractivity contribution in [1.82, 2.24) is 14.4 Å². The molecule has 0 radical (unpaired) electrons.